The van der Waals surface area contributed by atoms with Gasteiger partial charge in [-0.15, -0.1) is 0 Å². The van der Waals surface area contributed by atoms with Gasteiger partial charge >= 0.3 is 8.17 Å². The molecule has 1 saturated heterocycles. The van der Waals surface area contributed by atoms with Gasteiger partial charge in [-0.3, -0.25) is 0 Å². The molecule has 2 aromatic heterocycles. The van der Waals surface area contributed by atoms with Gasteiger partial charge in [-0.25, -0.2) is 9.50 Å². The molecule has 1 aliphatic rings. The molecule has 1 fully saturated rings. The van der Waals surface area contributed by atoms with Gasteiger partial charge in [-0.1, -0.05) is 115 Å². The molecule has 56 heavy (non-hydrogen) atoms. The lowest BCUT2D eigenvalue weighted by molar-refractivity contribution is -0.0674. The molecule has 3 heterocycles. The van der Waals surface area contributed by atoms with Gasteiger partial charge in [0.25, 0.3) is 0 Å². The third kappa shape index (κ3) is 14.9. The van der Waals surface area contributed by atoms with Crippen LogP contribution in [0.25, 0.3) is 5.52 Å². The maximum atomic E-state index is 10.8. The highest BCUT2D eigenvalue weighted by atomic mass is 31.2. The number of hydrogen-bond donors (Lipinski definition) is 4. The number of nitrogens with two attached hydrogens (primary N) is 1. The fourth-order valence-electron chi connectivity index (χ4n) is 6.95. The average molecular weight is 798 g/mol. The molecule has 15 heteroatoms. The molecule has 0 aliphatic carbocycles. The van der Waals surface area contributed by atoms with Crippen LogP contribution in [0.15, 0.2) is 42.7 Å². The largest absolute Gasteiger partial charge is 0.570 e. The highest BCUT2D eigenvalue weighted by molar-refractivity contribution is 7.54. The molecule has 308 valence electrons. The summed E-state index contributed by atoms with van der Waals surface area (Å²) in [4.78, 5) is 25.3. The van der Waals surface area contributed by atoms with Gasteiger partial charge in [-0.05, 0) is 36.2 Å². The highest BCUT2D eigenvalue weighted by Crippen LogP contribution is 2.53. The first-order valence-electron chi connectivity index (χ1n) is 20.4. The molecule has 0 bridgehead atoms. The van der Waals surface area contributed by atoms with Gasteiger partial charge in [0.1, 0.15) is 43.3 Å². The van der Waals surface area contributed by atoms with Crippen molar-refractivity contribution >= 4 is 19.5 Å². The molecule has 1 aromatic carbocycles. The fraction of sp³-hybridized carbons (Fsp3) is 0.659. The Morgan fingerprint density at radius 1 is 0.929 bits per heavy atom. The third-order valence-electron chi connectivity index (χ3n) is 10.2. The zero-order chi connectivity index (χ0) is 40.1. The SMILES string of the molecule is CCCCCCCCCCCCCCCCCCOC[C@H](CO[P+](O)(O)OC[C@H]1O[C@@](C#N)(c2ccc3c(N)ncnn23)C[C@@H]1O)OCc1cccc(C#N)c1. The number of ether oxygens (including phenoxy) is 3. The van der Waals surface area contributed by atoms with Crippen LogP contribution >= 0.6 is 8.17 Å². The molecule has 0 radical (unpaired) electrons. The molecule has 0 amide bonds. The van der Waals surface area contributed by atoms with Crippen molar-refractivity contribution in [2.45, 2.75) is 147 Å². The number of hydrogen-bond acceptors (Lipinski definition) is 13. The Labute approximate surface area is 332 Å². The number of benzene rings is 1. The normalized spacial score (nSPS) is 19.0. The van der Waals surface area contributed by atoms with Crippen LogP contribution in [0.4, 0.5) is 5.82 Å². The van der Waals surface area contributed by atoms with Crippen LogP contribution in [-0.4, -0.2) is 74.2 Å². The Bertz CT molecular complexity index is 1660. The van der Waals surface area contributed by atoms with E-state index in [2.05, 4.69) is 29.1 Å². The summed E-state index contributed by atoms with van der Waals surface area (Å²) in [5, 5.41) is 34.4. The van der Waals surface area contributed by atoms with E-state index >= 15 is 0 Å². The van der Waals surface area contributed by atoms with E-state index in [0.29, 0.717) is 23.4 Å². The number of fused-ring (bicyclic) bond motifs is 1. The molecule has 1 aliphatic heterocycles. The zero-order valence-electron chi connectivity index (χ0n) is 33.0. The predicted octanol–water partition coefficient (Wildman–Crippen LogP) is 7.61. The molecule has 0 unspecified atom stereocenters. The number of rotatable bonds is 29. The number of anilines is 1. The third-order valence-corrected chi connectivity index (χ3v) is 11.1. The van der Waals surface area contributed by atoms with E-state index in [1.54, 1.807) is 30.3 Å². The van der Waals surface area contributed by atoms with E-state index in [-0.39, 0.29) is 32.1 Å². The molecular formula is C41H62N6O8P+. The van der Waals surface area contributed by atoms with Gasteiger partial charge in [0.15, 0.2) is 11.4 Å². The summed E-state index contributed by atoms with van der Waals surface area (Å²) in [6.45, 7) is 2.37. The topological polar surface area (TPSA) is 211 Å². The van der Waals surface area contributed by atoms with Crippen LogP contribution < -0.4 is 5.73 Å². The van der Waals surface area contributed by atoms with Crippen molar-refractivity contribution in [1.82, 2.24) is 14.6 Å². The van der Waals surface area contributed by atoms with Crippen LogP contribution in [0.2, 0.25) is 0 Å². The van der Waals surface area contributed by atoms with Crippen LogP contribution in [0, 0.1) is 22.7 Å². The maximum Gasteiger partial charge on any atom is 0.570 e. The minimum absolute atomic E-state index is 0.115. The molecule has 0 spiro atoms. The van der Waals surface area contributed by atoms with Crippen molar-refractivity contribution in [2.75, 3.05) is 32.2 Å². The lowest BCUT2D eigenvalue weighted by Gasteiger charge is -2.21. The van der Waals surface area contributed by atoms with Crippen molar-refractivity contribution in [3.63, 3.8) is 0 Å². The summed E-state index contributed by atoms with van der Waals surface area (Å²) in [6.07, 6.45) is 18.8. The summed E-state index contributed by atoms with van der Waals surface area (Å²) in [7, 11) is -4.41. The molecular weight excluding hydrogens is 735 g/mol. The average Bonchev–Trinajstić information content (AvgIpc) is 3.79. The minimum atomic E-state index is -4.41. The Balaban J connectivity index is 1.16. The molecule has 14 nitrogen and oxygen atoms in total. The summed E-state index contributed by atoms with van der Waals surface area (Å²) in [6, 6.07) is 14.5. The minimum Gasteiger partial charge on any atom is -0.390 e. The number of aliphatic hydroxyl groups is 1. The Morgan fingerprint density at radius 3 is 2.23 bits per heavy atom. The van der Waals surface area contributed by atoms with Crippen molar-refractivity contribution in [3.8, 4) is 12.1 Å². The number of aromatic nitrogens is 3. The summed E-state index contributed by atoms with van der Waals surface area (Å²) >= 11 is 0. The number of nitrogen functional groups attached to an aromatic ring is 1. The second kappa shape index (κ2) is 24.5. The monoisotopic (exact) mass is 797 g/mol. The first kappa shape index (κ1) is 45.4. The molecule has 5 N–H and O–H groups in total. The molecule has 4 atom stereocenters. The van der Waals surface area contributed by atoms with E-state index in [9.17, 15) is 25.4 Å². The second-order valence-corrected chi connectivity index (χ2v) is 16.2. The van der Waals surface area contributed by atoms with E-state index in [1.807, 2.05) is 6.07 Å². The summed E-state index contributed by atoms with van der Waals surface area (Å²) < 4.78 is 30.2. The number of nitriles is 2. The first-order chi connectivity index (χ1) is 27.2. The van der Waals surface area contributed by atoms with Gasteiger partial charge in [0, 0.05) is 13.0 Å². The van der Waals surface area contributed by atoms with Crippen LogP contribution in [0.5, 0.6) is 0 Å². The van der Waals surface area contributed by atoms with Gasteiger partial charge < -0.3 is 25.1 Å². The standard InChI is InChI=1S/C41H62N6O8P/c1-2-3-4-5-6-7-8-9-10-11-12-13-14-15-16-17-23-51-28-35(52-27-34-20-18-19-33(24-34)26-42)29-53-56(49,50)54-30-38-37(48)25-41(31-43,55-38)39-22-21-36-40(44)45-32-46-47(36)39/h18-22,24,32,35,37-38,48-50H,2-17,23,25,27-30H2,1H3,(H2,44,45,46)/q+1/t35-,37+,38-,41+/m1/s1. The van der Waals surface area contributed by atoms with Crippen LogP contribution in [0.3, 0.4) is 0 Å². The summed E-state index contributed by atoms with van der Waals surface area (Å²) in [5.74, 6) is 0.216. The molecule has 3 aromatic rings. The van der Waals surface area contributed by atoms with Gasteiger partial charge in [0.2, 0.25) is 0 Å². The number of nitrogens with zero attached hydrogens (tertiary/aromatic N) is 5. The Kier molecular flexibility index (Phi) is 19.9. The maximum absolute atomic E-state index is 10.8. The van der Waals surface area contributed by atoms with Crippen molar-refractivity contribution in [2.24, 2.45) is 0 Å². The Hall–Kier alpha value is -3.27. The quantitative estimate of drug-likeness (QED) is 0.0394. The predicted molar refractivity (Wildman–Crippen MR) is 214 cm³/mol. The zero-order valence-corrected chi connectivity index (χ0v) is 33.9. The molecule has 0 saturated carbocycles. The highest BCUT2D eigenvalue weighted by Gasteiger charge is 2.52. The van der Waals surface area contributed by atoms with Crippen molar-refractivity contribution in [3.05, 3.63) is 59.5 Å². The van der Waals surface area contributed by atoms with Gasteiger partial charge in [-0.2, -0.15) is 34.5 Å². The van der Waals surface area contributed by atoms with Crippen LogP contribution in [0.1, 0.15) is 133 Å². The van der Waals surface area contributed by atoms with E-state index in [0.717, 1.165) is 18.4 Å². The summed E-state index contributed by atoms with van der Waals surface area (Å²) in [5.41, 5.74) is 6.44. The second-order valence-electron chi connectivity index (χ2n) is 14.7. The molecule has 4 rings (SSSR count). The number of aliphatic hydroxyl groups excluding tert-OH is 1. The lowest BCUT2D eigenvalue weighted by Crippen LogP contribution is -2.30. The number of unbranched alkanes of at least 4 members (excludes halogenated alkanes) is 15. The van der Waals surface area contributed by atoms with Crippen molar-refractivity contribution < 1.29 is 38.2 Å². The van der Waals surface area contributed by atoms with E-state index in [4.69, 9.17) is 29.0 Å². The lowest BCUT2D eigenvalue weighted by atomic mass is 9.96. The van der Waals surface area contributed by atoms with Gasteiger partial charge in [0.05, 0.1) is 36.6 Å². The smallest absolute Gasteiger partial charge is 0.390 e. The first-order valence-corrected chi connectivity index (χ1v) is 21.9. The Morgan fingerprint density at radius 2 is 1.59 bits per heavy atom. The van der Waals surface area contributed by atoms with Crippen LogP contribution in [-0.2, 0) is 35.5 Å². The fourth-order valence-corrected chi connectivity index (χ4v) is 7.73. The van der Waals surface area contributed by atoms with Crippen molar-refractivity contribution in [1.29, 1.82) is 10.5 Å². The van der Waals surface area contributed by atoms with E-state index < -0.39 is 38.7 Å². The van der Waals surface area contributed by atoms with E-state index in [1.165, 1.54) is 101 Å².